The number of phosphoric ester groups is 2. The summed E-state index contributed by atoms with van der Waals surface area (Å²) in [5.74, 6) is -4.04. The van der Waals surface area contributed by atoms with Gasteiger partial charge >= 0.3 is 27.6 Å². The monoisotopic (exact) mass is 1530 g/mol. The molecule has 6 unspecified atom stereocenters. The van der Waals surface area contributed by atoms with Crippen LogP contribution in [0.3, 0.4) is 0 Å². The number of nitrogens with two attached hydrogens (primary N) is 1. The Labute approximate surface area is 609 Å². The number of carbonyl (C=O) groups excluding carboxylic acids is 4. The van der Waals surface area contributed by atoms with E-state index >= 15 is 0 Å². The second-order valence-electron chi connectivity index (χ2n) is 28.1. The molecule has 102 heavy (non-hydrogen) atoms. The van der Waals surface area contributed by atoms with Crippen LogP contribution in [0.5, 0.6) is 0 Å². The average molecular weight is 1530 g/mol. The molecule has 2 amide bonds. The first-order valence-electron chi connectivity index (χ1n) is 38.9. The van der Waals surface area contributed by atoms with Crippen LogP contribution in [-0.4, -0.2) is 192 Å². The Morgan fingerprint density at radius 2 is 0.794 bits per heavy atom. The van der Waals surface area contributed by atoms with Crippen LogP contribution in [0.25, 0.3) is 0 Å². The largest absolute Gasteiger partial charge is 0.481 e. The van der Waals surface area contributed by atoms with Gasteiger partial charge in [0.2, 0.25) is 19.4 Å². The lowest BCUT2D eigenvalue weighted by molar-refractivity contribution is -0.296. The van der Waals surface area contributed by atoms with Crippen LogP contribution in [0, 0.1) is 0 Å². The van der Waals surface area contributed by atoms with Crippen molar-refractivity contribution in [3.8, 4) is 0 Å². The summed E-state index contributed by atoms with van der Waals surface area (Å²) in [5.41, 5.74) is 5.41. The van der Waals surface area contributed by atoms with Gasteiger partial charge in [-0.15, -0.1) is 0 Å². The lowest BCUT2D eigenvalue weighted by Crippen LogP contribution is -2.68. The van der Waals surface area contributed by atoms with Gasteiger partial charge in [-0.2, -0.15) is 4.31 Å². The van der Waals surface area contributed by atoms with Gasteiger partial charge in [-0.05, 0) is 32.0 Å². The van der Waals surface area contributed by atoms with Crippen molar-refractivity contribution in [3.63, 3.8) is 0 Å². The third kappa shape index (κ3) is 45.7. The molecule has 2 aliphatic heterocycles. The fourth-order valence-electron chi connectivity index (χ4n) is 12.8. The third-order valence-electron chi connectivity index (χ3n) is 18.4. The molecular weight excluding hydrogens is 1390 g/mol. The van der Waals surface area contributed by atoms with E-state index in [9.17, 15) is 78.5 Å². The summed E-state index contributed by atoms with van der Waals surface area (Å²) in [6.07, 6.45) is 16.2. The van der Waals surface area contributed by atoms with Crippen molar-refractivity contribution < 1.29 is 120 Å². The standard InChI is InChI=1S/C71H138N3O25P3/c1-6-10-14-18-22-26-30-34-38-42-54(76)48-60(80)73-64-68(95-62(82)50-56(78)44-40-36-32-28-24-20-16-12-8-3)66(84)59(94-71(64)98-100(5,85)86)53-91-70-65(74-61(81)49-55(77)43-39-35-31-27-23-19-15-11-7-2)69(96-63(83)51-57(79)45-41-37-33-29-25-21-17-13-9-4)67(58(52-75)93-70)97-102(89,90)99-101(87,88)92-47-46-72/h54-59,64-71,75-79,84-86H,5-53,72H2,1-4H3,(H,73,80)(H,74,81)(H,87,88)(H,89,90)/t54-,55-,56-,57-,58?,59?,64?,65?,66-,67-,68-,69-,70-,71-/m1/s1. The SMILES string of the molecule is C=P(O)(O)O[C@H]1OC(CO[C@@H]2OC(CO)[C@@H](OP(=O)(O)OP(=O)(O)OCCN)[C@H](OC(=O)C[C@H](O)CCCCCCCCCCC)C2NC(=O)C[C@H](O)CCCCCCCCCCC)[C@@H](O)[C@H](OC(=O)C[C@H](O)CCCCCCCCCCC)C1NC(=O)C[C@H](O)CCCCCCCCCCC. The van der Waals surface area contributed by atoms with Crippen molar-refractivity contribution in [3.05, 3.63) is 0 Å². The molecule has 14 N–H and O–H groups in total. The number of aliphatic hydroxyl groups is 6. The number of ether oxygens (including phenoxy) is 5. The van der Waals surface area contributed by atoms with E-state index in [1.807, 2.05) is 0 Å². The topological polar surface area (TPSA) is 438 Å². The number of phosphoric acid groups is 2. The molecule has 0 aromatic carbocycles. The molecule has 0 aliphatic carbocycles. The normalized spacial score (nSPS) is 23.4. The van der Waals surface area contributed by atoms with E-state index in [-0.39, 0.29) is 32.2 Å². The van der Waals surface area contributed by atoms with E-state index in [4.69, 9.17) is 38.5 Å². The molecule has 602 valence electrons. The molecule has 28 nitrogen and oxygen atoms in total. The molecule has 0 aromatic heterocycles. The Hall–Kier alpha value is -2.08. The average Bonchev–Trinajstić information content (AvgIpc) is 0.833. The summed E-state index contributed by atoms with van der Waals surface area (Å²) in [7, 11) is -16.0. The maximum atomic E-state index is 14.3. The van der Waals surface area contributed by atoms with Gasteiger partial charge in [0.15, 0.2) is 24.8 Å². The highest BCUT2D eigenvalue weighted by Crippen LogP contribution is 2.61. The molecule has 0 aromatic rings. The molecule has 0 spiro atoms. The summed E-state index contributed by atoms with van der Waals surface area (Å²) in [6.45, 7) is 5.49. The Morgan fingerprint density at radius 1 is 0.461 bits per heavy atom. The van der Waals surface area contributed by atoms with Gasteiger partial charge in [0.25, 0.3) is 0 Å². The summed E-state index contributed by atoms with van der Waals surface area (Å²) < 4.78 is 77.3. The number of nitrogens with one attached hydrogen (secondary N) is 2. The lowest BCUT2D eigenvalue weighted by Gasteiger charge is -2.47. The quantitative estimate of drug-likeness (QED) is 0.0153. The minimum atomic E-state index is -5.91. The molecule has 0 bridgehead atoms. The smallest absolute Gasteiger partial charge is 0.457 e. The number of amides is 2. The number of carbonyl (C=O) groups is 4. The van der Waals surface area contributed by atoms with Gasteiger partial charge < -0.3 is 90.3 Å². The molecule has 16 atom stereocenters. The van der Waals surface area contributed by atoms with E-state index in [0.29, 0.717) is 25.7 Å². The number of hydrogen-bond acceptors (Lipinski definition) is 24. The van der Waals surface area contributed by atoms with Crippen LogP contribution < -0.4 is 16.4 Å². The highest BCUT2D eigenvalue weighted by atomic mass is 31.3. The molecule has 31 heteroatoms. The van der Waals surface area contributed by atoms with Crippen molar-refractivity contribution in [2.75, 3.05) is 26.4 Å². The summed E-state index contributed by atoms with van der Waals surface area (Å²) in [6, 6.07) is -3.74. The van der Waals surface area contributed by atoms with Gasteiger partial charge in [-0.25, -0.2) is 9.13 Å². The molecule has 2 heterocycles. The predicted molar refractivity (Wildman–Crippen MR) is 390 cm³/mol. The number of aliphatic hydroxyl groups excluding tert-OH is 6. The van der Waals surface area contributed by atoms with Gasteiger partial charge in [-0.3, -0.25) is 32.7 Å². The Kier molecular flexibility index (Phi) is 53.7. The van der Waals surface area contributed by atoms with Crippen molar-refractivity contribution in [2.45, 2.75) is 396 Å². The maximum Gasteiger partial charge on any atom is 0.481 e. The fraction of sp³-hybridized carbons (Fsp3) is 0.930. The Bertz CT molecular complexity index is 2330. The van der Waals surface area contributed by atoms with E-state index < -0.39 is 178 Å². The zero-order valence-corrected chi connectivity index (χ0v) is 64.9. The van der Waals surface area contributed by atoms with Crippen molar-refractivity contribution >= 4 is 53.3 Å². The second-order valence-corrected chi connectivity index (χ2v) is 32.6. The Morgan fingerprint density at radius 3 is 1.15 bits per heavy atom. The number of hydrogen-bond donors (Lipinski definition) is 13. The molecule has 2 aliphatic rings. The van der Waals surface area contributed by atoms with Crippen LogP contribution >= 0.6 is 23.2 Å². The molecule has 0 saturated carbocycles. The highest BCUT2D eigenvalue weighted by molar-refractivity contribution is 7.61. The van der Waals surface area contributed by atoms with Gasteiger partial charge in [0.1, 0.15) is 36.5 Å². The van der Waals surface area contributed by atoms with E-state index in [0.717, 1.165) is 180 Å². The van der Waals surface area contributed by atoms with Crippen molar-refractivity contribution in [1.29, 1.82) is 0 Å². The molecule has 2 fully saturated rings. The van der Waals surface area contributed by atoms with E-state index in [1.54, 1.807) is 0 Å². The Balaban J connectivity index is 2.69. The van der Waals surface area contributed by atoms with Crippen LogP contribution in [-0.2, 0) is 69.9 Å². The van der Waals surface area contributed by atoms with Crippen molar-refractivity contribution in [1.82, 2.24) is 10.6 Å². The fourth-order valence-corrected chi connectivity index (χ4v) is 15.6. The number of rotatable bonds is 65. The molecule has 2 rings (SSSR count). The van der Waals surface area contributed by atoms with Gasteiger partial charge in [-0.1, -0.05) is 259 Å². The predicted octanol–water partition coefficient (Wildman–Crippen LogP) is 11.1. The molecular formula is C71H138N3O25P3. The van der Waals surface area contributed by atoms with Gasteiger partial charge in [0.05, 0.1) is 69.9 Å². The second kappa shape index (κ2) is 57.1. The first-order chi connectivity index (χ1) is 48.7. The number of unbranched alkanes of at least 4 members (excludes halogenated alkanes) is 32. The first-order valence-corrected chi connectivity index (χ1v) is 43.7. The highest BCUT2D eigenvalue weighted by Gasteiger charge is 2.55. The summed E-state index contributed by atoms with van der Waals surface area (Å²) in [4.78, 5) is 99.5. The third-order valence-corrected chi connectivity index (χ3v) is 21.6. The van der Waals surface area contributed by atoms with E-state index in [2.05, 4.69) is 53.5 Å². The zero-order valence-electron chi connectivity index (χ0n) is 62.2. The first kappa shape index (κ1) is 96.0. The van der Waals surface area contributed by atoms with Crippen LogP contribution in [0.2, 0.25) is 0 Å². The molecule has 0 radical (unpaired) electrons. The summed E-state index contributed by atoms with van der Waals surface area (Å²) >= 11 is 0. The minimum absolute atomic E-state index is 0.148. The summed E-state index contributed by atoms with van der Waals surface area (Å²) in [5, 5.41) is 73.2. The number of esters is 2. The van der Waals surface area contributed by atoms with Crippen LogP contribution in [0.4, 0.5) is 0 Å². The minimum Gasteiger partial charge on any atom is -0.457 e. The van der Waals surface area contributed by atoms with E-state index in [1.165, 1.54) is 25.7 Å². The lowest BCUT2D eigenvalue weighted by atomic mass is 9.95. The van der Waals surface area contributed by atoms with Crippen molar-refractivity contribution in [2.24, 2.45) is 5.73 Å². The van der Waals surface area contributed by atoms with Gasteiger partial charge in [0, 0.05) is 6.54 Å². The van der Waals surface area contributed by atoms with Crippen LogP contribution in [0.15, 0.2) is 0 Å². The van der Waals surface area contributed by atoms with Crippen LogP contribution in [0.1, 0.15) is 310 Å². The zero-order chi connectivity index (χ0) is 75.6. The molecule has 2 saturated heterocycles. The maximum absolute atomic E-state index is 14.3.